The van der Waals surface area contributed by atoms with Gasteiger partial charge in [0.2, 0.25) is 0 Å². The van der Waals surface area contributed by atoms with Gasteiger partial charge in [0, 0.05) is 0 Å². The molecule has 0 aliphatic carbocycles. The molecule has 1 aromatic rings. The van der Waals surface area contributed by atoms with E-state index in [1.807, 2.05) is 32.9 Å². The summed E-state index contributed by atoms with van der Waals surface area (Å²) in [6.45, 7) is 28.3. The molecule has 0 radical (unpaired) electrons. The lowest BCUT2D eigenvalue weighted by molar-refractivity contribution is -0.183. The number of aliphatic hydroxyl groups is 1. The van der Waals surface area contributed by atoms with E-state index in [-0.39, 0.29) is 59.3 Å². The summed E-state index contributed by atoms with van der Waals surface area (Å²) in [7, 11) is 0. The molecule has 0 saturated heterocycles. The predicted octanol–water partition coefficient (Wildman–Crippen LogP) is 10.4. The van der Waals surface area contributed by atoms with Crippen molar-refractivity contribution in [3.8, 4) is 5.75 Å². The fraction of sp³-hybridized carbons (Fsp3) is 0.805. The first-order valence-corrected chi connectivity index (χ1v) is 18.7. The molecule has 1 aromatic carbocycles. The average molecular weight is 661 g/mol. The average Bonchev–Trinajstić information content (AvgIpc) is 3.05. The van der Waals surface area contributed by atoms with Crippen molar-refractivity contribution in [2.45, 2.75) is 160 Å². The molecule has 2 unspecified atom stereocenters. The van der Waals surface area contributed by atoms with Gasteiger partial charge in [-0.05, 0) is 117 Å². The minimum Gasteiger partial charge on any atom is -0.482 e. The van der Waals surface area contributed by atoms with E-state index in [4.69, 9.17) is 14.2 Å². The first kappa shape index (κ1) is 42.9. The van der Waals surface area contributed by atoms with Crippen LogP contribution in [-0.4, -0.2) is 42.5 Å². The van der Waals surface area contributed by atoms with Crippen LogP contribution < -0.4 is 4.74 Å². The smallest absolute Gasteiger partial charge is 0.344 e. The van der Waals surface area contributed by atoms with E-state index >= 15 is 0 Å². The molecule has 0 aliphatic heterocycles. The first-order valence-electron chi connectivity index (χ1n) is 18.7. The summed E-state index contributed by atoms with van der Waals surface area (Å²) in [4.78, 5) is 26.6. The molecule has 0 aliphatic rings. The van der Waals surface area contributed by atoms with Gasteiger partial charge in [0.05, 0.1) is 12.5 Å². The number of esters is 2. The maximum absolute atomic E-state index is 14.3. The second kappa shape index (κ2) is 18.6. The van der Waals surface area contributed by atoms with Crippen molar-refractivity contribution in [3.05, 3.63) is 29.8 Å². The van der Waals surface area contributed by atoms with Crippen LogP contribution in [0.5, 0.6) is 5.75 Å². The summed E-state index contributed by atoms with van der Waals surface area (Å²) in [5.74, 6) is 0.114. The largest absolute Gasteiger partial charge is 0.482 e. The SMILES string of the molecule is CCC(C)(CC)CC(Cc1ccc(OCC(=O)OC(C)(C)C)cc1)C(CC)(CC)C(CC)(CC)C(C(=O)OCCO)C(C)(CC)CC. The van der Waals surface area contributed by atoms with E-state index in [2.05, 4.69) is 81.4 Å². The van der Waals surface area contributed by atoms with E-state index < -0.39 is 5.60 Å². The number of carbonyl (C=O) groups excluding carboxylic acids is 2. The Bertz CT molecular complexity index is 1050. The van der Waals surface area contributed by atoms with Crippen molar-refractivity contribution >= 4 is 11.9 Å². The highest BCUT2D eigenvalue weighted by atomic mass is 16.6. The molecule has 0 bridgehead atoms. The molecule has 6 heteroatoms. The molecule has 0 spiro atoms. The lowest BCUT2D eigenvalue weighted by atomic mass is 9.42. The first-order chi connectivity index (χ1) is 22.0. The molecular weight excluding hydrogens is 588 g/mol. The highest BCUT2D eigenvalue weighted by Gasteiger charge is 2.61. The van der Waals surface area contributed by atoms with E-state index in [1.165, 1.54) is 5.56 Å². The molecule has 0 fully saturated rings. The maximum Gasteiger partial charge on any atom is 0.344 e. The van der Waals surface area contributed by atoms with Crippen LogP contribution in [0.25, 0.3) is 0 Å². The van der Waals surface area contributed by atoms with Crippen molar-refractivity contribution in [2.75, 3.05) is 19.8 Å². The number of aliphatic hydroxyl groups excluding tert-OH is 1. The Morgan fingerprint density at radius 2 is 1.23 bits per heavy atom. The van der Waals surface area contributed by atoms with Gasteiger partial charge in [0.25, 0.3) is 0 Å². The van der Waals surface area contributed by atoms with Crippen LogP contribution in [0.4, 0.5) is 0 Å². The summed E-state index contributed by atoms with van der Waals surface area (Å²) in [5.41, 5.74) is 0.132. The van der Waals surface area contributed by atoms with Gasteiger partial charge < -0.3 is 19.3 Å². The van der Waals surface area contributed by atoms with E-state index in [0.717, 1.165) is 64.2 Å². The Labute approximate surface area is 289 Å². The number of ether oxygens (including phenoxy) is 3. The van der Waals surface area contributed by atoms with Gasteiger partial charge in [-0.2, -0.15) is 0 Å². The monoisotopic (exact) mass is 661 g/mol. The Morgan fingerprint density at radius 3 is 1.64 bits per heavy atom. The number of benzene rings is 1. The van der Waals surface area contributed by atoms with Crippen LogP contribution in [0.2, 0.25) is 0 Å². The zero-order valence-electron chi connectivity index (χ0n) is 32.6. The molecule has 272 valence electrons. The van der Waals surface area contributed by atoms with Gasteiger partial charge in [-0.3, -0.25) is 4.79 Å². The molecule has 47 heavy (non-hydrogen) atoms. The van der Waals surface area contributed by atoms with Gasteiger partial charge in [0.15, 0.2) is 6.61 Å². The maximum atomic E-state index is 14.3. The van der Waals surface area contributed by atoms with E-state index in [9.17, 15) is 14.7 Å². The second-order valence-corrected chi connectivity index (χ2v) is 15.6. The van der Waals surface area contributed by atoms with Gasteiger partial charge in [0.1, 0.15) is 18.0 Å². The third kappa shape index (κ3) is 10.5. The fourth-order valence-corrected chi connectivity index (χ4v) is 8.77. The predicted molar refractivity (Wildman–Crippen MR) is 195 cm³/mol. The number of hydrogen-bond donors (Lipinski definition) is 1. The highest BCUT2D eigenvalue weighted by Crippen LogP contribution is 2.65. The zero-order valence-corrected chi connectivity index (χ0v) is 32.6. The van der Waals surface area contributed by atoms with Gasteiger partial charge in [-0.1, -0.05) is 94.2 Å². The topological polar surface area (TPSA) is 82.1 Å². The summed E-state index contributed by atoms with van der Waals surface area (Å²) in [6, 6.07) is 8.19. The van der Waals surface area contributed by atoms with Crippen LogP contribution in [0.3, 0.4) is 0 Å². The summed E-state index contributed by atoms with van der Waals surface area (Å²) >= 11 is 0. The summed E-state index contributed by atoms with van der Waals surface area (Å²) in [6.07, 6.45) is 9.58. The molecule has 0 heterocycles. The van der Waals surface area contributed by atoms with Crippen LogP contribution in [0.15, 0.2) is 24.3 Å². The van der Waals surface area contributed by atoms with Crippen molar-refractivity contribution in [1.29, 1.82) is 0 Å². The van der Waals surface area contributed by atoms with Crippen molar-refractivity contribution < 1.29 is 28.9 Å². The van der Waals surface area contributed by atoms with Crippen molar-refractivity contribution in [3.63, 3.8) is 0 Å². The standard InChI is InChI=1S/C41H72O6/c1-14-38(12,15-2)29-32(28-31-22-24-33(25-23-31)46-30-34(43)47-37(9,10)11)40(18-5,19-6)41(20-7,21-8)35(36(44)45-27-26-42)39(13,16-3)17-4/h22-25,32,35,42H,14-21,26-30H2,1-13H3. The number of carbonyl (C=O) groups is 2. The van der Waals surface area contributed by atoms with Gasteiger partial charge in [-0.15, -0.1) is 0 Å². The Kier molecular flexibility index (Phi) is 17.0. The number of rotatable bonds is 22. The Balaban J connectivity index is 3.84. The molecule has 1 N–H and O–H groups in total. The Morgan fingerprint density at radius 1 is 0.723 bits per heavy atom. The third-order valence-electron chi connectivity index (χ3n) is 12.4. The van der Waals surface area contributed by atoms with Crippen LogP contribution in [0.1, 0.15) is 153 Å². The lowest BCUT2D eigenvalue weighted by Crippen LogP contribution is -2.58. The normalized spacial score (nSPS) is 14.4. The quantitative estimate of drug-likeness (QED) is 0.125. The molecular formula is C41H72O6. The van der Waals surface area contributed by atoms with Crippen LogP contribution >= 0.6 is 0 Å². The van der Waals surface area contributed by atoms with Gasteiger partial charge >= 0.3 is 11.9 Å². The summed E-state index contributed by atoms with van der Waals surface area (Å²) < 4.78 is 17.1. The minimum atomic E-state index is -0.553. The third-order valence-corrected chi connectivity index (χ3v) is 12.4. The zero-order chi connectivity index (χ0) is 36.1. The number of hydrogen-bond acceptors (Lipinski definition) is 6. The molecule has 6 nitrogen and oxygen atoms in total. The van der Waals surface area contributed by atoms with Crippen LogP contribution in [-0.2, 0) is 25.5 Å². The van der Waals surface area contributed by atoms with Crippen molar-refractivity contribution in [2.24, 2.45) is 33.5 Å². The lowest BCUT2D eigenvalue weighted by Gasteiger charge is -2.61. The van der Waals surface area contributed by atoms with Gasteiger partial charge in [-0.25, -0.2) is 4.79 Å². The molecule has 0 amide bonds. The fourth-order valence-electron chi connectivity index (χ4n) is 8.77. The summed E-state index contributed by atoms with van der Waals surface area (Å²) in [5, 5.41) is 9.63. The molecule has 1 rings (SSSR count). The molecule has 2 atom stereocenters. The highest BCUT2D eigenvalue weighted by molar-refractivity contribution is 5.75. The second-order valence-electron chi connectivity index (χ2n) is 15.6. The Hall–Kier alpha value is -2.08. The van der Waals surface area contributed by atoms with E-state index in [0.29, 0.717) is 11.7 Å². The minimum absolute atomic E-state index is 0.0309. The molecule has 0 saturated carbocycles. The van der Waals surface area contributed by atoms with Crippen molar-refractivity contribution in [1.82, 2.24) is 0 Å². The molecule has 0 aromatic heterocycles. The van der Waals surface area contributed by atoms with E-state index in [1.54, 1.807) is 0 Å². The van der Waals surface area contributed by atoms with Crippen LogP contribution in [0, 0.1) is 33.5 Å².